The molecule has 2 aromatic rings. The van der Waals surface area contributed by atoms with E-state index in [9.17, 15) is 14.0 Å². The lowest BCUT2D eigenvalue weighted by Gasteiger charge is -2.32. The number of piperidine rings is 1. The molecule has 0 unspecified atom stereocenters. The van der Waals surface area contributed by atoms with Gasteiger partial charge in [0.05, 0.1) is 6.61 Å². The highest BCUT2D eigenvalue weighted by atomic mass is 19.1. The van der Waals surface area contributed by atoms with Gasteiger partial charge in [-0.05, 0) is 44.0 Å². The summed E-state index contributed by atoms with van der Waals surface area (Å²) in [7, 11) is 0. The van der Waals surface area contributed by atoms with Crippen LogP contribution in [0.25, 0.3) is 0 Å². The molecule has 1 aromatic carbocycles. The minimum absolute atomic E-state index is 0.0608. The monoisotopic (exact) mass is 345 g/mol. The Bertz CT molecular complexity index is 804. The minimum Gasteiger partial charge on any atom is -0.493 e. The van der Waals surface area contributed by atoms with Gasteiger partial charge >= 0.3 is 0 Å². The van der Waals surface area contributed by atoms with E-state index in [0.29, 0.717) is 31.3 Å². The average Bonchev–Trinajstić information content (AvgIpc) is 2.61. The van der Waals surface area contributed by atoms with E-state index in [0.717, 1.165) is 12.8 Å². The van der Waals surface area contributed by atoms with E-state index in [1.807, 2.05) is 0 Å². The van der Waals surface area contributed by atoms with Crippen LogP contribution in [0.15, 0.2) is 35.3 Å². The average molecular weight is 345 g/mol. The zero-order valence-corrected chi connectivity index (χ0v) is 14.0. The summed E-state index contributed by atoms with van der Waals surface area (Å²) in [5.74, 6) is 0.633. The Balaban J connectivity index is 1.61. The number of nitrogens with zero attached hydrogens (tertiary/aromatic N) is 2. The second-order valence-corrected chi connectivity index (χ2v) is 6.24. The molecule has 1 aliphatic rings. The Morgan fingerprint density at radius 1 is 1.40 bits per heavy atom. The molecule has 2 heterocycles. The first-order valence-corrected chi connectivity index (χ1v) is 8.26. The molecule has 132 valence electrons. The van der Waals surface area contributed by atoms with Crippen molar-refractivity contribution >= 4 is 5.91 Å². The third kappa shape index (κ3) is 4.23. The van der Waals surface area contributed by atoms with Gasteiger partial charge in [0.15, 0.2) is 0 Å². The number of aryl methyl sites for hydroxylation is 1. The number of benzene rings is 1. The number of carbonyl (C=O) groups is 1. The van der Waals surface area contributed by atoms with Crippen molar-refractivity contribution < 1.29 is 13.9 Å². The molecule has 0 aliphatic carbocycles. The van der Waals surface area contributed by atoms with E-state index in [-0.39, 0.29) is 23.2 Å². The van der Waals surface area contributed by atoms with Crippen LogP contribution in [0.3, 0.4) is 0 Å². The molecule has 1 aliphatic heterocycles. The van der Waals surface area contributed by atoms with Crippen molar-refractivity contribution in [3.05, 3.63) is 58.0 Å². The van der Waals surface area contributed by atoms with Crippen molar-refractivity contribution in [1.82, 2.24) is 14.9 Å². The number of carbonyl (C=O) groups excluding carboxylic acids is 1. The molecule has 1 saturated heterocycles. The number of likely N-dealkylation sites (tertiary alicyclic amines) is 1. The summed E-state index contributed by atoms with van der Waals surface area (Å²) in [6, 6.07) is 5.86. The SMILES string of the molecule is Cc1ncc(C(=O)N2CCC[C@@H](COc3ccc(F)cc3)C2)c(=O)[nH]1. The van der Waals surface area contributed by atoms with Gasteiger partial charge in [0.1, 0.15) is 23.0 Å². The molecule has 0 saturated carbocycles. The smallest absolute Gasteiger partial charge is 0.263 e. The molecular weight excluding hydrogens is 325 g/mol. The van der Waals surface area contributed by atoms with Crippen LogP contribution in [-0.2, 0) is 0 Å². The molecule has 1 fully saturated rings. The first-order chi connectivity index (χ1) is 12.0. The summed E-state index contributed by atoms with van der Waals surface area (Å²) >= 11 is 0. The van der Waals surface area contributed by atoms with Crippen molar-refractivity contribution in [3.63, 3.8) is 0 Å². The number of hydrogen-bond acceptors (Lipinski definition) is 4. The van der Waals surface area contributed by atoms with Crippen LogP contribution in [-0.4, -0.2) is 40.5 Å². The second-order valence-electron chi connectivity index (χ2n) is 6.24. The number of ether oxygens (including phenoxy) is 1. The van der Waals surface area contributed by atoms with Crippen LogP contribution in [0.2, 0.25) is 0 Å². The number of aromatic amines is 1. The van der Waals surface area contributed by atoms with Gasteiger partial charge in [-0.3, -0.25) is 9.59 Å². The third-order valence-corrected chi connectivity index (χ3v) is 4.26. The number of hydrogen-bond donors (Lipinski definition) is 1. The summed E-state index contributed by atoms with van der Waals surface area (Å²) in [5.41, 5.74) is -0.354. The number of H-pyrrole nitrogens is 1. The highest BCUT2D eigenvalue weighted by molar-refractivity contribution is 5.93. The molecule has 7 heteroatoms. The van der Waals surface area contributed by atoms with E-state index in [1.165, 1.54) is 18.3 Å². The lowest BCUT2D eigenvalue weighted by atomic mass is 9.98. The van der Waals surface area contributed by atoms with Gasteiger partial charge in [0.2, 0.25) is 0 Å². The molecule has 1 aromatic heterocycles. The Kier molecular flexibility index (Phi) is 5.11. The summed E-state index contributed by atoms with van der Waals surface area (Å²) < 4.78 is 18.6. The lowest BCUT2D eigenvalue weighted by molar-refractivity contribution is 0.0631. The summed E-state index contributed by atoms with van der Waals surface area (Å²) in [4.78, 5) is 32.7. The molecule has 1 atom stereocenters. The van der Waals surface area contributed by atoms with Crippen LogP contribution in [0.1, 0.15) is 29.0 Å². The number of amides is 1. The van der Waals surface area contributed by atoms with E-state index in [1.54, 1.807) is 24.0 Å². The molecule has 1 N–H and O–H groups in total. The Morgan fingerprint density at radius 2 is 2.16 bits per heavy atom. The normalized spacial score (nSPS) is 17.4. The summed E-state index contributed by atoms with van der Waals surface area (Å²) in [6.45, 7) is 3.24. The maximum absolute atomic E-state index is 12.9. The van der Waals surface area contributed by atoms with E-state index >= 15 is 0 Å². The van der Waals surface area contributed by atoms with Crippen molar-refractivity contribution in [2.24, 2.45) is 5.92 Å². The number of aromatic nitrogens is 2. The largest absolute Gasteiger partial charge is 0.493 e. The highest BCUT2D eigenvalue weighted by Gasteiger charge is 2.26. The van der Waals surface area contributed by atoms with Gasteiger partial charge in [-0.1, -0.05) is 0 Å². The molecular formula is C18H20FN3O3. The number of nitrogens with one attached hydrogen (secondary N) is 1. The zero-order valence-electron chi connectivity index (χ0n) is 14.0. The van der Waals surface area contributed by atoms with Gasteiger partial charge < -0.3 is 14.6 Å². The predicted molar refractivity (Wildman–Crippen MR) is 90.1 cm³/mol. The number of halogens is 1. The van der Waals surface area contributed by atoms with E-state index in [4.69, 9.17) is 4.74 Å². The van der Waals surface area contributed by atoms with Crippen LogP contribution < -0.4 is 10.3 Å². The van der Waals surface area contributed by atoms with Crippen LogP contribution in [0.5, 0.6) is 5.75 Å². The maximum Gasteiger partial charge on any atom is 0.263 e. The number of rotatable bonds is 4. The Labute approximate surface area is 144 Å². The fourth-order valence-corrected chi connectivity index (χ4v) is 2.94. The van der Waals surface area contributed by atoms with Gasteiger partial charge in [0.25, 0.3) is 11.5 Å². The topological polar surface area (TPSA) is 75.3 Å². The molecule has 0 spiro atoms. The molecule has 6 nitrogen and oxygen atoms in total. The van der Waals surface area contributed by atoms with Gasteiger partial charge in [-0.2, -0.15) is 0 Å². The highest BCUT2D eigenvalue weighted by Crippen LogP contribution is 2.20. The molecule has 0 bridgehead atoms. The zero-order chi connectivity index (χ0) is 17.8. The van der Waals surface area contributed by atoms with E-state index in [2.05, 4.69) is 9.97 Å². The predicted octanol–water partition coefficient (Wildman–Crippen LogP) is 2.15. The standard InChI is InChI=1S/C18H20FN3O3/c1-12-20-9-16(17(23)21-12)18(24)22-8-2-3-13(10-22)11-25-15-6-4-14(19)5-7-15/h4-7,9,13H,2-3,8,10-11H2,1H3,(H,20,21,23)/t13-/m1/s1. The third-order valence-electron chi connectivity index (χ3n) is 4.26. The van der Waals surface area contributed by atoms with E-state index < -0.39 is 5.56 Å². The van der Waals surface area contributed by atoms with Crippen LogP contribution in [0.4, 0.5) is 4.39 Å². The fraction of sp³-hybridized carbons (Fsp3) is 0.389. The quantitative estimate of drug-likeness (QED) is 0.921. The maximum atomic E-state index is 12.9. The first kappa shape index (κ1) is 17.1. The van der Waals surface area contributed by atoms with Crippen molar-refractivity contribution in [1.29, 1.82) is 0 Å². The van der Waals surface area contributed by atoms with Gasteiger partial charge in [0, 0.05) is 25.2 Å². The Morgan fingerprint density at radius 3 is 2.88 bits per heavy atom. The van der Waals surface area contributed by atoms with Crippen molar-refractivity contribution in [3.8, 4) is 5.75 Å². The summed E-state index contributed by atoms with van der Waals surface area (Å²) in [5, 5.41) is 0. The molecule has 0 radical (unpaired) electrons. The van der Waals surface area contributed by atoms with Crippen LogP contribution >= 0.6 is 0 Å². The fourth-order valence-electron chi connectivity index (χ4n) is 2.94. The minimum atomic E-state index is -0.415. The second kappa shape index (κ2) is 7.46. The lowest BCUT2D eigenvalue weighted by Crippen LogP contribution is -2.43. The molecule has 1 amide bonds. The van der Waals surface area contributed by atoms with Crippen LogP contribution in [0, 0.1) is 18.7 Å². The van der Waals surface area contributed by atoms with Crippen molar-refractivity contribution in [2.75, 3.05) is 19.7 Å². The first-order valence-electron chi connectivity index (χ1n) is 8.26. The molecule has 3 rings (SSSR count). The van der Waals surface area contributed by atoms with Gasteiger partial charge in [-0.15, -0.1) is 0 Å². The Hall–Kier alpha value is -2.70. The van der Waals surface area contributed by atoms with Gasteiger partial charge in [-0.25, -0.2) is 9.37 Å². The van der Waals surface area contributed by atoms with Crippen molar-refractivity contribution in [2.45, 2.75) is 19.8 Å². The molecule has 25 heavy (non-hydrogen) atoms. The summed E-state index contributed by atoms with van der Waals surface area (Å²) in [6.07, 6.45) is 3.11.